The molecule has 1 aliphatic rings. The Morgan fingerprint density at radius 3 is 2.44 bits per heavy atom. The molecule has 3 N–H and O–H groups in total. The fraction of sp³-hybridized carbons (Fsp3) is 0.500. The number of benzene rings is 1. The maximum absolute atomic E-state index is 12.0. The van der Waals surface area contributed by atoms with E-state index in [2.05, 4.69) is 19.2 Å². The number of hydrogen-bond acceptors (Lipinski definition) is 2. The van der Waals surface area contributed by atoms with E-state index in [1.165, 1.54) is 12.8 Å². The van der Waals surface area contributed by atoms with Gasteiger partial charge in [-0.1, -0.05) is 20.3 Å². The minimum Gasteiger partial charge on any atom is -0.399 e. The van der Waals surface area contributed by atoms with Crippen molar-refractivity contribution in [1.82, 2.24) is 5.32 Å². The number of carbonyl (C=O) groups excluding carboxylic acids is 1. The number of hydrogen-bond donors (Lipinski definition) is 2. The molecule has 0 heterocycles. The van der Waals surface area contributed by atoms with E-state index in [9.17, 15) is 4.79 Å². The van der Waals surface area contributed by atoms with Gasteiger partial charge in [-0.15, -0.1) is 12.4 Å². The number of carbonyl (C=O) groups is 1. The van der Waals surface area contributed by atoms with Crippen LogP contribution in [0.1, 0.15) is 43.5 Å². The lowest BCUT2D eigenvalue weighted by Crippen LogP contribution is -2.41. The highest BCUT2D eigenvalue weighted by Crippen LogP contribution is 2.37. The molecule has 0 spiro atoms. The molecule has 100 valence electrons. The summed E-state index contributed by atoms with van der Waals surface area (Å²) < 4.78 is 0. The maximum Gasteiger partial charge on any atom is 0.251 e. The average molecular weight is 269 g/mol. The van der Waals surface area contributed by atoms with Gasteiger partial charge in [0.2, 0.25) is 0 Å². The molecule has 1 fully saturated rings. The third-order valence-electron chi connectivity index (χ3n) is 3.74. The molecule has 1 unspecified atom stereocenters. The summed E-state index contributed by atoms with van der Waals surface area (Å²) in [5.41, 5.74) is 7.18. The minimum atomic E-state index is 0. The van der Waals surface area contributed by atoms with Crippen molar-refractivity contribution in [1.29, 1.82) is 0 Å². The van der Waals surface area contributed by atoms with Gasteiger partial charge < -0.3 is 11.1 Å². The van der Waals surface area contributed by atoms with Gasteiger partial charge in [-0.25, -0.2) is 0 Å². The number of nitrogens with two attached hydrogens (primary N) is 1. The first-order chi connectivity index (χ1) is 7.99. The predicted octanol–water partition coefficient (Wildman–Crippen LogP) is 3.00. The first-order valence-electron chi connectivity index (χ1n) is 6.15. The van der Waals surface area contributed by atoms with Crippen LogP contribution in [0, 0.1) is 5.41 Å². The Balaban J connectivity index is 0.00000162. The Hall–Kier alpha value is -1.22. The topological polar surface area (TPSA) is 55.1 Å². The third-order valence-corrected chi connectivity index (χ3v) is 3.74. The van der Waals surface area contributed by atoms with Gasteiger partial charge in [0.25, 0.3) is 5.91 Å². The minimum absolute atomic E-state index is 0. The summed E-state index contributed by atoms with van der Waals surface area (Å²) in [6.45, 7) is 4.43. The Labute approximate surface area is 115 Å². The summed E-state index contributed by atoms with van der Waals surface area (Å²) in [7, 11) is 0. The van der Waals surface area contributed by atoms with Crippen LogP contribution >= 0.6 is 12.4 Å². The van der Waals surface area contributed by atoms with Crippen LogP contribution in [0.4, 0.5) is 5.69 Å². The average Bonchev–Trinajstić information content (AvgIpc) is 2.59. The van der Waals surface area contributed by atoms with Crippen LogP contribution in [0.25, 0.3) is 0 Å². The Kier molecular flexibility index (Phi) is 4.63. The van der Waals surface area contributed by atoms with Crippen LogP contribution in [0.15, 0.2) is 24.3 Å². The Bertz CT molecular complexity index is 414. The number of rotatable bonds is 2. The molecule has 1 aromatic rings. The van der Waals surface area contributed by atoms with E-state index in [-0.39, 0.29) is 29.8 Å². The second-order valence-electron chi connectivity index (χ2n) is 5.53. The van der Waals surface area contributed by atoms with Gasteiger partial charge in [0, 0.05) is 17.3 Å². The number of nitrogens with one attached hydrogen (secondary N) is 1. The van der Waals surface area contributed by atoms with Crippen molar-refractivity contribution in [3.8, 4) is 0 Å². The van der Waals surface area contributed by atoms with Crippen molar-refractivity contribution in [2.24, 2.45) is 5.41 Å². The Morgan fingerprint density at radius 1 is 1.33 bits per heavy atom. The number of amides is 1. The normalized spacial score (nSPS) is 21.1. The molecule has 1 saturated carbocycles. The van der Waals surface area contributed by atoms with Gasteiger partial charge in [0.05, 0.1) is 0 Å². The third kappa shape index (κ3) is 3.16. The molecule has 4 heteroatoms. The monoisotopic (exact) mass is 268 g/mol. The van der Waals surface area contributed by atoms with Gasteiger partial charge in [-0.2, -0.15) is 0 Å². The first-order valence-corrected chi connectivity index (χ1v) is 6.15. The van der Waals surface area contributed by atoms with Crippen molar-refractivity contribution in [2.45, 2.75) is 39.2 Å². The summed E-state index contributed by atoms with van der Waals surface area (Å²) in [5.74, 6) is 0.00461. The molecule has 0 saturated heterocycles. The smallest absolute Gasteiger partial charge is 0.251 e. The van der Waals surface area contributed by atoms with E-state index in [1.54, 1.807) is 24.3 Å². The zero-order chi connectivity index (χ0) is 12.5. The van der Waals surface area contributed by atoms with E-state index in [0.717, 1.165) is 6.42 Å². The summed E-state index contributed by atoms with van der Waals surface area (Å²) in [4.78, 5) is 12.0. The number of halogens is 1. The molecule has 0 bridgehead atoms. The molecule has 0 aromatic heterocycles. The van der Waals surface area contributed by atoms with E-state index in [4.69, 9.17) is 5.73 Å². The zero-order valence-corrected chi connectivity index (χ0v) is 11.7. The molecule has 0 radical (unpaired) electrons. The van der Waals surface area contributed by atoms with Crippen LogP contribution in [0.3, 0.4) is 0 Å². The van der Waals surface area contributed by atoms with E-state index in [1.807, 2.05) is 0 Å². The van der Waals surface area contributed by atoms with Crippen LogP contribution in [0.2, 0.25) is 0 Å². The van der Waals surface area contributed by atoms with Crippen LogP contribution in [0.5, 0.6) is 0 Å². The quantitative estimate of drug-likeness (QED) is 0.810. The molecule has 0 aliphatic heterocycles. The van der Waals surface area contributed by atoms with Crippen molar-refractivity contribution in [3.63, 3.8) is 0 Å². The van der Waals surface area contributed by atoms with E-state index in [0.29, 0.717) is 11.3 Å². The zero-order valence-electron chi connectivity index (χ0n) is 10.9. The standard InChI is InChI=1S/C14H20N2O.ClH/c1-14(2)9-3-4-12(14)16-13(17)10-5-7-11(15)8-6-10;/h5-8,12H,3-4,9,15H2,1-2H3,(H,16,17);1H. The van der Waals surface area contributed by atoms with Crippen molar-refractivity contribution in [2.75, 3.05) is 5.73 Å². The molecule has 1 aliphatic carbocycles. The van der Waals surface area contributed by atoms with Gasteiger partial charge >= 0.3 is 0 Å². The molecule has 1 aromatic carbocycles. The van der Waals surface area contributed by atoms with Gasteiger partial charge in [0.1, 0.15) is 0 Å². The van der Waals surface area contributed by atoms with Crippen LogP contribution < -0.4 is 11.1 Å². The highest BCUT2D eigenvalue weighted by molar-refractivity contribution is 5.94. The van der Waals surface area contributed by atoms with Crippen LogP contribution in [-0.4, -0.2) is 11.9 Å². The van der Waals surface area contributed by atoms with Crippen molar-refractivity contribution >= 4 is 24.0 Å². The van der Waals surface area contributed by atoms with Crippen molar-refractivity contribution < 1.29 is 4.79 Å². The largest absolute Gasteiger partial charge is 0.399 e. The lowest BCUT2D eigenvalue weighted by Gasteiger charge is -2.27. The molecule has 2 rings (SSSR count). The SMILES string of the molecule is CC1(C)CCCC1NC(=O)c1ccc(N)cc1.Cl. The summed E-state index contributed by atoms with van der Waals surface area (Å²) in [6, 6.07) is 7.34. The molecule has 1 atom stereocenters. The molecular formula is C14H21ClN2O. The highest BCUT2D eigenvalue weighted by Gasteiger charge is 2.35. The van der Waals surface area contributed by atoms with Gasteiger partial charge in [-0.05, 0) is 42.5 Å². The number of anilines is 1. The number of nitrogen functional groups attached to an aromatic ring is 1. The lowest BCUT2D eigenvalue weighted by molar-refractivity contribution is 0.0910. The molecule has 18 heavy (non-hydrogen) atoms. The summed E-state index contributed by atoms with van der Waals surface area (Å²) in [5, 5.41) is 3.13. The molecule has 1 amide bonds. The summed E-state index contributed by atoms with van der Waals surface area (Å²) >= 11 is 0. The molecule has 3 nitrogen and oxygen atoms in total. The first kappa shape index (κ1) is 14.8. The maximum atomic E-state index is 12.0. The second kappa shape index (κ2) is 5.61. The molecular weight excluding hydrogens is 248 g/mol. The lowest BCUT2D eigenvalue weighted by atomic mass is 9.87. The fourth-order valence-corrected chi connectivity index (χ4v) is 2.47. The second-order valence-corrected chi connectivity index (χ2v) is 5.53. The van der Waals surface area contributed by atoms with Gasteiger partial charge in [0.15, 0.2) is 0 Å². The van der Waals surface area contributed by atoms with E-state index < -0.39 is 0 Å². The van der Waals surface area contributed by atoms with Crippen LogP contribution in [-0.2, 0) is 0 Å². The van der Waals surface area contributed by atoms with Crippen molar-refractivity contribution in [3.05, 3.63) is 29.8 Å². The summed E-state index contributed by atoms with van der Waals surface area (Å²) in [6.07, 6.45) is 3.45. The van der Waals surface area contributed by atoms with E-state index >= 15 is 0 Å². The predicted molar refractivity (Wildman–Crippen MR) is 77.0 cm³/mol. The fourth-order valence-electron chi connectivity index (χ4n) is 2.47. The Morgan fingerprint density at radius 2 is 1.94 bits per heavy atom. The highest BCUT2D eigenvalue weighted by atomic mass is 35.5. The van der Waals surface area contributed by atoms with Gasteiger partial charge in [-0.3, -0.25) is 4.79 Å².